The largest absolute Gasteiger partial charge is 0.505 e. The molecule has 12 N–H and O–H groups in total. The number of nitrogens with one attached hydrogen (secondary N) is 7. The number of hydrogen-bond acceptors (Lipinski definition) is 19. The van der Waals surface area contributed by atoms with Crippen molar-refractivity contribution in [1.29, 1.82) is 0 Å². The van der Waals surface area contributed by atoms with Crippen LogP contribution in [0.15, 0.2) is 135 Å². The van der Waals surface area contributed by atoms with Gasteiger partial charge in [0.25, 0.3) is 40.5 Å². The summed E-state index contributed by atoms with van der Waals surface area (Å²) in [7, 11) is -19.6. The summed E-state index contributed by atoms with van der Waals surface area (Å²) >= 11 is 0. The van der Waals surface area contributed by atoms with E-state index in [1.165, 1.54) is 42.5 Å². The number of hydrogen-bond donors (Lipinski definition) is 12. The minimum absolute atomic E-state index is 0.0188. The Labute approximate surface area is 412 Å². The average Bonchev–Trinajstić information content (AvgIpc) is 3.32. The van der Waals surface area contributed by atoms with Crippen LogP contribution in [0.25, 0.3) is 32.3 Å². The van der Waals surface area contributed by atoms with E-state index in [1.807, 2.05) is 6.92 Å². The molecule has 0 saturated heterocycles. The molecule has 7 aromatic rings. The van der Waals surface area contributed by atoms with E-state index in [0.717, 1.165) is 36.8 Å². The molecule has 0 aliphatic rings. The predicted molar refractivity (Wildman–Crippen MR) is 271 cm³/mol. The van der Waals surface area contributed by atoms with Gasteiger partial charge < -0.3 is 47.0 Å². The van der Waals surface area contributed by atoms with Crippen molar-refractivity contribution in [3.05, 3.63) is 116 Å². The number of fused-ring (bicyclic) bond motifs is 3. The zero-order valence-corrected chi connectivity index (χ0v) is 40.8. The lowest BCUT2D eigenvalue weighted by Crippen LogP contribution is -2.15. The van der Waals surface area contributed by atoms with E-state index in [2.05, 4.69) is 44.5 Å². The first kappa shape index (κ1) is 52.2. The Morgan fingerprint density at radius 1 is 0.556 bits per heavy atom. The van der Waals surface area contributed by atoms with E-state index in [9.17, 15) is 61.8 Å². The van der Waals surface area contributed by atoms with Crippen LogP contribution in [0.4, 0.5) is 39.8 Å². The fraction of sp³-hybridized carbons (Fsp3) is 0.133. The Bertz CT molecular complexity index is 3730. The topological polar surface area (TPSA) is 357 Å². The zero-order valence-electron chi connectivity index (χ0n) is 37.5. The molecule has 0 aliphatic heterocycles. The number of hydrazine groups is 3. The van der Waals surface area contributed by atoms with Crippen LogP contribution in [0.3, 0.4) is 0 Å². The van der Waals surface area contributed by atoms with Gasteiger partial charge in [-0.1, -0.05) is 32.1 Å². The number of phenols is 1. The number of ether oxygens (including phenoxy) is 2. The molecule has 27 heteroatoms. The maximum absolute atomic E-state index is 12.7. The highest BCUT2D eigenvalue weighted by Gasteiger charge is 2.26. The average molecular weight is 1070 g/mol. The third-order valence-electron chi connectivity index (χ3n) is 10.8. The molecule has 7 aromatic carbocycles. The molecule has 0 spiro atoms. The van der Waals surface area contributed by atoms with Gasteiger partial charge in [-0.05, 0) is 103 Å². The highest BCUT2D eigenvalue weighted by atomic mass is 32.2. The van der Waals surface area contributed by atoms with Crippen LogP contribution >= 0.6 is 0 Å². The Kier molecular flexibility index (Phi) is 15.2. The highest BCUT2D eigenvalue weighted by Crippen LogP contribution is 2.42. The van der Waals surface area contributed by atoms with E-state index in [1.54, 1.807) is 36.4 Å². The number of benzene rings is 7. The third kappa shape index (κ3) is 12.1. The van der Waals surface area contributed by atoms with E-state index >= 15 is 0 Å². The van der Waals surface area contributed by atoms with Crippen molar-refractivity contribution in [2.45, 2.75) is 39.3 Å². The van der Waals surface area contributed by atoms with Gasteiger partial charge in [0.2, 0.25) is 0 Å². The van der Waals surface area contributed by atoms with Gasteiger partial charge in [-0.25, -0.2) is 4.79 Å². The van der Waals surface area contributed by atoms with Gasteiger partial charge in [-0.2, -0.15) is 33.7 Å². The van der Waals surface area contributed by atoms with Gasteiger partial charge in [0, 0.05) is 39.6 Å². The quantitative estimate of drug-likeness (QED) is 0.00781. The van der Waals surface area contributed by atoms with Crippen LogP contribution in [0, 0.1) is 0 Å². The van der Waals surface area contributed by atoms with Crippen LogP contribution in [0.2, 0.25) is 0 Å². The SMILES string of the molecule is C=CC(=O)OCCOc1ccc(NNc2ccc(NNc3ccc(NNc4c(S(=O)(=O)O)cc5cc(S(=O)(=O)O)c(NCCCC)cc5c4O)c4cc(S(=O)(=O)O)ccc34)c3cc(S(=O)(=O)O)ccc23)cc1. The molecule has 0 atom stereocenters. The number of carbonyl (C=O) groups is 1. The molecule has 0 amide bonds. The second kappa shape index (κ2) is 21.0. The first-order chi connectivity index (χ1) is 34.0. The number of carbonyl (C=O) groups excluding carboxylic acids is 1. The maximum Gasteiger partial charge on any atom is 0.330 e. The Morgan fingerprint density at radius 3 is 1.56 bits per heavy atom. The van der Waals surface area contributed by atoms with Crippen molar-refractivity contribution in [2.75, 3.05) is 57.6 Å². The molecule has 0 aliphatic carbocycles. The number of anilines is 7. The molecule has 0 fully saturated rings. The van der Waals surface area contributed by atoms with E-state index in [0.29, 0.717) is 28.9 Å². The lowest BCUT2D eigenvalue weighted by atomic mass is 10.1. The summed E-state index contributed by atoms with van der Waals surface area (Å²) < 4.78 is 150. The molecule has 0 heterocycles. The van der Waals surface area contributed by atoms with Gasteiger partial charge >= 0.3 is 5.97 Å². The second-order valence-electron chi connectivity index (χ2n) is 15.6. The van der Waals surface area contributed by atoms with Crippen LogP contribution in [-0.4, -0.2) is 82.7 Å². The van der Waals surface area contributed by atoms with Gasteiger partial charge in [-0.15, -0.1) is 0 Å². The van der Waals surface area contributed by atoms with Crippen molar-refractivity contribution in [1.82, 2.24) is 0 Å². The normalized spacial score (nSPS) is 12.0. The van der Waals surface area contributed by atoms with Gasteiger partial charge in [0.15, 0.2) is 0 Å². The highest BCUT2D eigenvalue weighted by molar-refractivity contribution is 7.86. The Balaban J connectivity index is 1.19. The minimum atomic E-state index is -5.18. The monoisotopic (exact) mass is 1070 g/mol. The minimum Gasteiger partial charge on any atom is -0.505 e. The van der Waals surface area contributed by atoms with E-state index in [4.69, 9.17) is 9.47 Å². The molecule has 380 valence electrons. The van der Waals surface area contributed by atoms with Crippen molar-refractivity contribution < 1.29 is 71.3 Å². The lowest BCUT2D eigenvalue weighted by Gasteiger charge is -2.20. The molecule has 0 saturated carbocycles. The molecule has 23 nitrogen and oxygen atoms in total. The molecule has 0 bridgehead atoms. The molecule has 7 rings (SSSR count). The number of esters is 1. The van der Waals surface area contributed by atoms with Gasteiger partial charge in [0.1, 0.15) is 40.2 Å². The first-order valence-electron chi connectivity index (χ1n) is 21.2. The number of rotatable bonds is 22. The maximum atomic E-state index is 12.7. The summed E-state index contributed by atoms with van der Waals surface area (Å²) in [4.78, 5) is 8.71. The summed E-state index contributed by atoms with van der Waals surface area (Å²) in [5, 5.41) is 15.2. The summed E-state index contributed by atoms with van der Waals surface area (Å²) in [6.45, 7) is 5.62. The van der Waals surface area contributed by atoms with Crippen molar-refractivity contribution in [2.24, 2.45) is 0 Å². The summed E-state index contributed by atoms with van der Waals surface area (Å²) in [6, 6.07) is 23.2. The zero-order chi connectivity index (χ0) is 52.2. The standard InChI is InChI=1S/C45H45N7O16S4/c1-3-5-18-46-40-25-33-26(21-41(40)71(61,62)63)22-42(72(64,65)66)44(45(33)54)52-51-39-17-15-37(32-13-11-30(24-35(32)39)70(58,59)60)49-50-38-16-14-36(31-12-10-29(23-34(31)38)69(55,56)57)48-47-27-6-8-28(9-7-27)67-19-20-68-43(53)4-2/h4,6-17,21-25,46-52,54H,2-3,5,18-20H2,1H3,(H,55,56,57)(H,58,59,60)(H,61,62,63)(H,64,65,66). The third-order valence-corrected chi connectivity index (χ3v) is 14.2. The Morgan fingerprint density at radius 2 is 1.06 bits per heavy atom. The molecular weight excluding hydrogens is 1020 g/mol. The van der Waals surface area contributed by atoms with Gasteiger partial charge in [-0.3, -0.25) is 23.6 Å². The fourth-order valence-corrected chi connectivity index (χ4v) is 9.65. The fourth-order valence-electron chi connectivity index (χ4n) is 7.27. The van der Waals surface area contributed by atoms with Crippen LogP contribution in [0.1, 0.15) is 19.8 Å². The molecule has 0 unspecified atom stereocenters. The lowest BCUT2D eigenvalue weighted by molar-refractivity contribution is -0.138. The number of unbranched alkanes of at least 4 members (excludes halogenated alkanes) is 1. The number of aromatic hydroxyl groups is 1. The number of phenolic OH excluding ortho intramolecular Hbond substituents is 1. The first-order valence-corrected chi connectivity index (χ1v) is 26.9. The molecule has 0 aromatic heterocycles. The van der Waals surface area contributed by atoms with Crippen molar-refractivity contribution >= 4 is 119 Å². The molecule has 72 heavy (non-hydrogen) atoms. The summed E-state index contributed by atoms with van der Waals surface area (Å²) in [5.41, 5.74) is 18.3. The van der Waals surface area contributed by atoms with E-state index in [-0.39, 0.29) is 69.4 Å². The van der Waals surface area contributed by atoms with Crippen LogP contribution in [-0.2, 0) is 50.0 Å². The predicted octanol–water partition coefficient (Wildman–Crippen LogP) is 7.48. The van der Waals surface area contributed by atoms with E-state index < -0.39 is 77.5 Å². The van der Waals surface area contributed by atoms with Crippen LogP contribution in [0.5, 0.6) is 11.5 Å². The van der Waals surface area contributed by atoms with Crippen LogP contribution < -0.4 is 42.6 Å². The molecular formula is C45H45N7O16S4. The summed E-state index contributed by atoms with van der Waals surface area (Å²) in [5.74, 6) is -0.864. The molecule has 0 radical (unpaired) electrons. The smallest absolute Gasteiger partial charge is 0.330 e. The summed E-state index contributed by atoms with van der Waals surface area (Å²) in [6.07, 6.45) is 2.36. The van der Waals surface area contributed by atoms with Crippen molar-refractivity contribution in [3.8, 4) is 11.5 Å². The van der Waals surface area contributed by atoms with Gasteiger partial charge in [0.05, 0.1) is 43.9 Å². The second-order valence-corrected chi connectivity index (χ2v) is 21.2. The Hall–Kier alpha value is -7.63. The van der Waals surface area contributed by atoms with Crippen molar-refractivity contribution in [3.63, 3.8) is 0 Å².